The van der Waals surface area contributed by atoms with Crippen molar-refractivity contribution in [3.63, 3.8) is 0 Å². The summed E-state index contributed by atoms with van der Waals surface area (Å²) in [6, 6.07) is 16.0. The summed E-state index contributed by atoms with van der Waals surface area (Å²) in [6.07, 6.45) is 7.96. The fourth-order valence-corrected chi connectivity index (χ4v) is 3.63. The Kier molecular flexibility index (Phi) is 10.2. The van der Waals surface area contributed by atoms with E-state index in [-0.39, 0.29) is 11.3 Å². The predicted octanol–water partition coefficient (Wildman–Crippen LogP) is 7.19. The van der Waals surface area contributed by atoms with E-state index in [0.29, 0.717) is 12.3 Å². The minimum atomic E-state index is -0.255. The second-order valence-electron chi connectivity index (χ2n) is 8.99. The highest BCUT2D eigenvalue weighted by Gasteiger charge is 2.25. The smallest absolute Gasteiger partial charge is 0.228 e. The van der Waals surface area contributed by atoms with Gasteiger partial charge in [0.1, 0.15) is 0 Å². The first-order valence-corrected chi connectivity index (χ1v) is 12.4. The zero-order valence-electron chi connectivity index (χ0n) is 21.7. The van der Waals surface area contributed by atoms with Crippen LogP contribution in [0.25, 0.3) is 0 Å². The molecule has 3 N–H and O–H groups in total. The van der Waals surface area contributed by atoms with E-state index in [4.69, 9.17) is 0 Å². The summed E-state index contributed by atoms with van der Waals surface area (Å²) in [5, 5.41) is 9.73. The van der Waals surface area contributed by atoms with Gasteiger partial charge in [-0.3, -0.25) is 4.79 Å². The van der Waals surface area contributed by atoms with Crippen LogP contribution in [-0.2, 0) is 16.6 Å². The van der Waals surface area contributed by atoms with Crippen molar-refractivity contribution in [1.82, 2.24) is 5.32 Å². The fraction of sp³-hybridized carbons (Fsp3) is 0.367. The first-order chi connectivity index (χ1) is 16.3. The molecular weight excluding hydrogens is 418 g/mol. The van der Waals surface area contributed by atoms with Crippen LogP contribution in [0.15, 0.2) is 84.7 Å². The molecule has 0 spiro atoms. The predicted molar refractivity (Wildman–Crippen MR) is 147 cm³/mol. The van der Waals surface area contributed by atoms with Crippen molar-refractivity contribution < 1.29 is 4.79 Å². The van der Waals surface area contributed by atoms with Crippen LogP contribution in [-0.4, -0.2) is 12.5 Å². The molecule has 1 unspecified atom stereocenters. The average Bonchev–Trinajstić information content (AvgIpc) is 2.83. The van der Waals surface area contributed by atoms with Gasteiger partial charge >= 0.3 is 0 Å². The van der Waals surface area contributed by atoms with Gasteiger partial charge in [0.2, 0.25) is 5.91 Å². The SMILES string of the molecule is C=C(NC1=CCC(C)C=C1)C(C)(C)c1ccc(NC(=O)Cc2ccc(NCC)cc2)cc1.CC. The molecule has 182 valence electrons. The van der Waals surface area contributed by atoms with Gasteiger partial charge in [0.25, 0.3) is 0 Å². The number of anilines is 2. The molecule has 1 amide bonds. The monoisotopic (exact) mass is 459 g/mol. The second-order valence-corrected chi connectivity index (χ2v) is 8.99. The van der Waals surface area contributed by atoms with Crippen LogP contribution in [0.1, 0.15) is 59.1 Å². The van der Waals surface area contributed by atoms with Crippen molar-refractivity contribution in [3.8, 4) is 0 Å². The number of amides is 1. The number of nitrogens with one attached hydrogen (secondary N) is 3. The number of allylic oxidation sites excluding steroid dienone is 4. The summed E-state index contributed by atoms with van der Waals surface area (Å²) in [5.74, 6) is 0.562. The van der Waals surface area contributed by atoms with Gasteiger partial charge in [0.05, 0.1) is 6.42 Å². The van der Waals surface area contributed by atoms with Gasteiger partial charge < -0.3 is 16.0 Å². The maximum absolute atomic E-state index is 12.5. The van der Waals surface area contributed by atoms with Crippen molar-refractivity contribution in [2.75, 3.05) is 17.2 Å². The summed E-state index contributed by atoms with van der Waals surface area (Å²) < 4.78 is 0. The second kappa shape index (κ2) is 12.8. The van der Waals surface area contributed by atoms with Crippen LogP contribution >= 0.6 is 0 Å². The first-order valence-electron chi connectivity index (χ1n) is 12.4. The van der Waals surface area contributed by atoms with E-state index in [1.807, 2.05) is 50.2 Å². The number of rotatable bonds is 9. The van der Waals surface area contributed by atoms with Gasteiger partial charge in [-0.1, -0.05) is 77.6 Å². The van der Waals surface area contributed by atoms with Crippen LogP contribution in [0.3, 0.4) is 0 Å². The molecule has 34 heavy (non-hydrogen) atoms. The van der Waals surface area contributed by atoms with E-state index in [1.165, 1.54) is 0 Å². The van der Waals surface area contributed by atoms with Gasteiger partial charge in [-0.05, 0) is 60.7 Å². The number of carbonyl (C=O) groups is 1. The van der Waals surface area contributed by atoms with Crippen LogP contribution < -0.4 is 16.0 Å². The maximum atomic E-state index is 12.5. The van der Waals surface area contributed by atoms with Crippen LogP contribution in [0.2, 0.25) is 0 Å². The van der Waals surface area contributed by atoms with Crippen molar-refractivity contribution in [2.45, 2.75) is 59.8 Å². The Balaban J connectivity index is 0.00000199. The number of hydrogen-bond acceptors (Lipinski definition) is 3. The Bertz CT molecular complexity index is 998. The van der Waals surface area contributed by atoms with Crippen LogP contribution in [0.4, 0.5) is 11.4 Å². The third kappa shape index (κ3) is 7.65. The summed E-state index contributed by atoms with van der Waals surface area (Å²) in [6.45, 7) is 17.8. The minimum Gasteiger partial charge on any atom is -0.385 e. The number of benzene rings is 2. The van der Waals surface area contributed by atoms with Gasteiger partial charge in [-0.15, -0.1) is 0 Å². The standard InChI is InChI=1S/C28H35N3O.C2H6/c1-6-29-24-15-9-22(10-16-24)19-27(32)31-26-17-11-23(12-18-26)28(4,5)21(3)30-25-13-7-20(2)8-14-25;1-2/h7,9-18,20,29-30H,3,6,8,19H2,1-2,4-5H3,(H,31,32);1-2H3. The van der Waals surface area contributed by atoms with E-state index in [1.54, 1.807) is 0 Å². The molecule has 0 saturated carbocycles. The van der Waals surface area contributed by atoms with Crippen LogP contribution in [0.5, 0.6) is 0 Å². The lowest BCUT2D eigenvalue weighted by atomic mass is 9.81. The molecule has 0 radical (unpaired) electrons. The molecule has 4 nitrogen and oxygen atoms in total. The summed E-state index contributed by atoms with van der Waals surface area (Å²) in [7, 11) is 0. The van der Waals surface area contributed by atoms with Gasteiger partial charge in [-0.25, -0.2) is 0 Å². The van der Waals surface area contributed by atoms with Crippen molar-refractivity contribution in [1.29, 1.82) is 0 Å². The molecule has 0 bridgehead atoms. The van der Waals surface area contributed by atoms with E-state index >= 15 is 0 Å². The molecule has 0 saturated heterocycles. The highest BCUT2D eigenvalue weighted by molar-refractivity contribution is 5.92. The zero-order valence-corrected chi connectivity index (χ0v) is 21.7. The van der Waals surface area contributed by atoms with E-state index in [2.05, 4.69) is 80.6 Å². The molecule has 2 aromatic carbocycles. The number of carbonyl (C=O) groups excluding carboxylic acids is 1. The third-order valence-corrected chi connectivity index (χ3v) is 5.95. The van der Waals surface area contributed by atoms with E-state index < -0.39 is 0 Å². The summed E-state index contributed by atoms with van der Waals surface area (Å²) in [4.78, 5) is 12.5. The number of hydrogen-bond donors (Lipinski definition) is 3. The molecule has 1 aliphatic rings. The zero-order chi connectivity index (χ0) is 25.1. The molecule has 1 aliphatic carbocycles. The Labute approximate surface area is 206 Å². The van der Waals surface area contributed by atoms with Gasteiger partial charge in [0.15, 0.2) is 0 Å². The summed E-state index contributed by atoms with van der Waals surface area (Å²) >= 11 is 0. The topological polar surface area (TPSA) is 53.2 Å². The largest absolute Gasteiger partial charge is 0.385 e. The molecule has 0 aliphatic heterocycles. The lowest BCUT2D eigenvalue weighted by molar-refractivity contribution is -0.115. The molecule has 2 aromatic rings. The lowest BCUT2D eigenvalue weighted by Crippen LogP contribution is -2.29. The Hall–Kier alpha value is -3.27. The van der Waals surface area contributed by atoms with Crippen molar-refractivity contribution in [2.24, 2.45) is 5.92 Å². The van der Waals surface area contributed by atoms with E-state index in [9.17, 15) is 4.79 Å². The molecular formula is C30H41N3O. The molecule has 4 heteroatoms. The lowest BCUT2D eigenvalue weighted by Gasteiger charge is -2.30. The third-order valence-electron chi connectivity index (χ3n) is 5.95. The molecule has 3 rings (SSSR count). The van der Waals surface area contributed by atoms with Gasteiger partial charge in [0, 0.05) is 34.7 Å². The normalized spacial score (nSPS) is 14.9. The maximum Gasteiger partial charge on any atom is 0.228 e. The fourth-order valence-electron chi connectivity index (χ4n) is 3.63. The first kappa shape index (κ1) is 27.0. The van der Waals surface area contributed by atoms with Crippen molar-refractivity contribution >= 4 is 17.3 Å². The van der Waals surface area contributed by atoms with Gasteiger partial charge in [-0.2, -0.15) is 0 Å². The Morgan fingerprint density at radius 2 is 1.62 bits per heavy atom. The van der Waals surface area contributed by atoms with Crippen molar-refractivity contribution in [3.05, 3.63) is 95.9 Å². The van der Waals surface area contributed by atoms with Crippen LogP contribution in [0, 0.1) is 5.92 Å². The minimum absolute atomic E-state index is 0.0236. The quantitative estimate of drug-likeness (QED) is 0.372. The Morgan fingerprint density at radius 3 is 2.18 bits per heavy atom. The molecule has 0 heterocycles. The average molecular weight is 460 g/mol. The Morgan fingerprint density at radius 1 is 1.00 bits per heavy atom. The highest BCUT2D eigenvalue weighted by atomic mass is 16.1. The molecule has 1 atom stereocenters. The highest BCUT2D eigenvalue weighted by Crippen LogP contribution is 2.31. The summed E-state index contributed by atoms with van der Waals surface area (Å²) in [5.41, 5.74) is 5.78. The molecule has 0 fully saturated rings. The van der Waals surface area contributed by atoms with E-state index in [0.717, 1.165) is 46.9 Å². The molecule has 0 aromatic heterocycles.